The van der Waals surface area contributed by atoms with Crippen LogP contribution in [0.15, 0.2) is 0 Å². The third kappa shape index (κ3) is 4.28. The van der Waals surface area contributed by atoms with Gasteiger partial charge in [-0.25, -0.2) is 0 Å². The van der Waals surface area contributed by atoms with Gasteiger partial charge in [-0.2, -0.15) is 0 Å². The maximum atomic E-state index is 11.9. The second-order valence-corrected chi connectivity index (χ2v) is 5.33. The third-order valence-corrected chi connectivity index (χ3v) is 3.77. The minimum atomic E-state index is 0.136. The second-order valence-electron chi connectivity index (χ2n) is 5.33. The summed E-state index contributed by atoms with van der Waals surface area (Å²) in [7, 11) is 0. The molecule has 17 heavy (non-hydrogen) atoms. The van der Waals surface area contributed by atoms with E-state index in [4.69, 9.17) is 5.11 Å². The zero-order valence-corrected chi connectivity index (χ0v) is 10.5. The highest BCUT2D eigenvalue weighted by atomic mass is 16.3. The average Bonchev–Trinajstić information content (AvgIpc) is 3.13. The van der Waals surface area contributed by atoms with E-state index in [0.29, 0.717) is 25.2 Å². The van der Waals surface area contributed by atoms with Crippen LogP contribution in [0.4, 0.5) is 0 Å². The Labute approximate surface area is 103 Å². The zero-order valence-electron chi connectivity index (χ0n) is 10.5. The largest absolute Gasteiger partial charge is 0.395 e. The summed E-state index contributed by atoms with van der Waals surface area (Å²) in [5.41, 5.74) is 0. The molecule has 2 aliphatic carbocycles. The highest BCUT2D eigenvalue weighted by Gasteiger charge is 2.30. The molecule has 0 aromatic heterocycles. The van der Waals surface area contributed by atoms with Gasteiger partial charge < -0.3 is 10.4 Å². The predicted octanol–water partition coefficient (Wildman–Crippen LogP) is 0.892. The smallest absolute Gasteiger partial charge is 0.234 e. The van der Waals surface area contributed by atoms with E-state index in [9.17, 15) is 4.79 Å². The Bertz CT molecular complexity index is 248. The predicted molar refractivity (Wildman–Crippen MR) is 66.7 cm³/mol. The van der Waals surface area contributed by atoms with Crippen LogP contribution in [0.5, 0.6) is 0 Å². The van der Waals surface area contributed by atoms with Crippen molar-refractivity contribution in [1.29, 1.82) is 0 Å². The lowest BCUT2D eigenvalue weighted by atomic mass is 9.95. The minimum absolute atomic E-state index is 0.136. The van der Waals surface area contributed by atoms with E-state index < -0.39 is 0 Å². The molecule has 98 valence electrons. The van der Waals surface area contributed by atoms with Crippen LogP contribution in [0, 0.1) is 0 Å². The summed E-state index contributed by atoms with van der Waals surface area (Å²) in [6.07, 6.45) is 8.42. The number of aliphatic hydroxyl groups excluding tert-OH is 1. The van der Waals surface area contributed by atoms with Crippen LogP contribution in [0.1, 0.15) is 44.9 Å². The van der Waals surface area contributed by atoms with Gasteiger partial charge in [-0.05, 0) is 25.7 Å². The molecule has 0 bridgehead atoms. The van der Waals surface area contributed by atoms with Crippen molar-refractivity contribution in [1.82, 2.24) is 10.2 Å². The molecule has 2 aliphatic rings. The van der Waals surface area contributed by atoms with E-state index in [1.165, 1.54) is 32.1 Å². The Morgan fingerprint density at radius 3 is 2.47 bits per heavy atom. The van der Waals surface area contributed by atoms with Crippen LogP contribution >= 0.6 is 0 Å². The van der Waals surface area contributed by atoms with Crippen molar-refractivity contribution in [3.8, 4) is 0 Å². The van der Waals surface area contributed by atoms with Crippen molar-refractivity contribution in [3.63, 3.8) is 0 Å². The van der Waals surface area contributed by atoms with Gasteiger partial charge in [0, 0.05) is 18.6 Å². The van der Waals surface area contributed by atoms with Gasteiger partial charge >= 0.3 is 0 Å². The van der Waals surface area contributed by atoms with Crippen LogP contribution in [0.3, 0.4) is 0 Å². The maximum absolute atomic E-state index is 11.9. The van der Waals surface area contributed by atoms with Crippen molar-refractivity contribution in [3.05, 3.63) is 0 Å². The van der Waals surface area contributed by atoms with Crippen LogP contribution < -0.4 is 5.32 Å². The van der Waals surface area contributed by atoms with E-state index in [1.54, 1.807) is 0 Å². The monoisotopic (exact) mass is 240 g/mol. The van der Waals surface area contributed by atoms with Crippen LogP contribution in [-0.4, -0.2) is 47.7 Å². The molecule has 0 heterocycles. The van der Waals surface area contributed by atoms with Gasteiger partial charge in [-0.1, -0.05) is 19.3 Å². The molecule has 0 saturated heterocycles. The lowest BCUT2D eigenvalue weighted by Crippen LogP contribution is -2.44. The highest BCUT2D eigenvalue weighted by molar-refractivity contribution is 5.78. The maximum Gasteiger partial charge on any atom is 0.234 e. The molecule has 4 nitrogen and oxygen atoms in total. The quantitative estimate of drug-likeness (QED) is 0.725. The molecule has 0 radical (unpaired) electrons. The van der Waals surface area contributed by atoms with Gasteiger partial charge in [0.25, 0.3) is 0 Å². The molecule has 2 fully saturated rings. The van der Waals surface area contributed by atoms with Crippen LogP contribution in [-0.2, 0) is 4.79 Å². The molecule has 0 aromatic rings. The first-order valence-electron chi connectivity index (χ1n) is 6.94. The normalized spacial score (nSPS) is 21.8. The van der Waals surface area contributed by atoms with E-state index >= 15 is 0 Å². The first-order valence-corrected chi connectivity index (χ1v) is 6.94. The summed E-state index contributed by atoms with van der Waals surface area (Å²) < 4.78 is 0. The van der Waals surface area contributed by atoms with E-state index in [1.807, 2.05) is 0 Å². The molecule has 0 unspecified atom stereocenters. The van der Waals surface area contributed by atoms with Crippen molar-refractivity contribution in [2.75, 3.05) is 19.7 Å². The van der Waals surface area contributed by atoms with Gasteiger partial charge in [0.2, 0.25) is 5.91 Å². The summed E-state index contributed by atoms with van der Waals surface area (Å²) in [6, 6.07) is 0.936. The molecule has 0 spiro atoms. The number of nitrogens with one attached hydrogen (secondary N) is 1. The number of aliphatic hydroxyl groups is 1. The summed E-state index contributed by atoms with van der Waals surface area (Å²) in [5, 5.41) is 12.1. The number of carbonyl (C=O) groups excluding carboxylic acids is 1. The first-order chi connectivity index (χ1) is 8.29. The number of hydrogen-bond donors (Lipinski definition) is 2. The fourth-order valence-corrected chi connectivity index (χ4v) is 2.66. The molecule has 0 atom stereocenters. The van der Waals surface area contributed by atoms with Crippen molar-refractivity contribution in [2.45, 2.75) is 57.0 Å². The summed E-state index contributed by atoms with van der Waals surface area (Å²) in [6.45, 7) is 1.23. The van der Waals surface area contributed by atoms with E-state index in [0.717, 1.165) is 12.8 Å². The number of carbonyl (C=O) groups is 1. The van der Waals surface area contributed by atoms with Gasteiger partial charge in [0.1, 0.15) is 0 Å². The van der Waals surface area contributed by atoms with Gasteiger partial charge in [-0.3, -0.25) is 9.69 Å². The highest BCUT2D eigenvalue weighted by Crippen LogP contribution is 2.26. The molecule has 2 N–H and O–H groups in total. The molecule has 2 rings (SSSR count). The van der Waals surface area contributed by atoms with Crippen molar-refractivity contribution in [2.24, 2.45) is 0 Å². The number of hydrogen-bond acceptors (Lipinski definition) is 3. The third-order valence-electron chi connectivity index (χ3n) is 3.77. The average molecular weight is 240 g/mol. The SMILES string of the molecule is O=C(CN(CCO)C1CC1)NC1CCCCC1. The molecule has 4 heteroatoms. The Hall–Kier alpha value is -0.610. The molecular weight excluding hydrogens is 216 g/mol. The first kappa shape index (κ1) is 12.8. The Morgan fingerprint density at radius 1 is 1.18 bits per heavy atom. The topological polar surface area (TPSA) is 52.6 Å². The number of rotatable bonds is 6. The standard InChI is InChI=1S/C13H24N2O2/c16-9-8-15(12-6-7-12)10-13(17)14-11-4-2-1-3-5-11/h11-12,16H,1-10H2,(H,14,17). The molecular formula is C13H24N2O2. The number of nitrogens with zero attached hydrogens (tertiary/aromatic N) is 1. The second kappa shape index (κ2) is 6.36. The van der Waals surface area contributed by atoms with Crippen molar-refractivity contribution < 1.29 is 9.90 Å². The minimum Gasteiger partial charge on any atom is -0.395 e. The molecule has 1 amide bonds. The van der Waals surface area contributed by atoms with Crippen LogP contribution in [0.2, 0.25) is 0 Å². The lowest BCUT2D eigenvalue weighted by Gasteiger charge is -2.25. The summed E-state index contributed by atoms with van der Waals surface area (Å²) >= 11 is 0. The summed E-state index contributed by atoms with van der Waals surface area (Å²) in [4.78, 5) is 14.0. The summed E-state index contributed by atoms with van der Waals surface area (Å²) in [5.74, 6) is 0.136. The van der Waals surface area contributed by atoms with Gasteiger partial charge in [-0.15, -0.1) is 0 Å². The van der Waals surface area contributed by atoms with Gasteiger partial charge in [0.05, 0.1) is 13.2 Å². The molecule has 0 aromatic carbocycles. The molecule has 0 aliphatic heterocycles. The fourth-order valence-electron chi connectivity index (χ4n) is 2.66. The van der Waals surface area contributed by atoms with Crippen molar-refractivity contribution >= 4 is 5.91 Å². The Kier molecular flexibility index (Phi) is 4.80. The Balaban J connectivity index is 1.70. The fraction of sp³-hybridized carbons (Fsp3) is 0.923. The zero-order chi connectivity index (χ0) is 12.1. The molecule has 2 saturated carbocycles. The van der Waals surface area contributed by atoms with E-state index in [2.05, 4.69) is 10.2 Å². The van der Waals surface area contributed by atoms with Gasteiger partial charge in [0.15, 0.2) is 0 Å². The Morgan fingerprint density at radius 2 is 1.88 bits per heavy atom. The van der Waals surface area contributed by atoms with Crippen LogP contribution in [0.25, 0.3) is 0 Å². The lowest BCUT2D eigenvalue weighted by molar-refractivity contribution is -0.123. The number of amides is 1. The van der Waals surface area contributed by atoms with E-state index in [-0.39, 0.29) is 12.5 Å².